The number of nitrogens with one attached hydrogen (secondary N) is 1. The van der Waals surface area contributed by atoms with Gasteiger partial charge in [-0.3, -0.25) is 9.59 Å². The number of anilines is 2. The number of hydrogen-bond acceptors (Lipinski definition) is 2. The Morgan fingerprint density at radius 3 is 2.79 bits per heavy atom. The zero-order valence-electron chi connectivity index (χ0n) is 11.1. The first kappa shape index (κ1) is 13.9. The molecular formula is C14H17ClN2O2. The van der Waals surface area contributed by atoms with E-state index in [-0.39, 0.29) is 17.7 Å². The Bertz CT molecular complexity index is 516. The van der Waals surface area contributed by atoms with Crippen molar-refractivity contribution in [2.24, 2.45) is 5.92 Å². The smallest absolute Gasteiger partial charge is 0.227 e. The van der Waals surface area contributed by atoms with Crippen LogP contribution in [-0.2, 0) is 9.59 Å². The van der Waals surface area contributed by atoms with Crippen molar-refractivity contribution in [2.75, 3.05) is 22.6 Å². The monoisotopic (exact) mass is 280 g/mol. The van der Waals surface area contributed by atoms with Crippen LogP contribution < -0.4 is 10.2 Å². The Hall–Kier alpha value is -1.55. The number of nitrogens with zero attached hydrogens (tertiary/aromatic N) is 1. The summed E-state index contributed by atoms with van der Waals surface area (Å²) in [5, 5.41) is 2.76. The molecule has 1 N–H and O–H groups in total. The van der Waals surface area contributed by atoms with Crippen LogP contribution in [0.2, 0.25) is 0 Å². The van der Waals surface area contributed by atoms with Gasteiger partial charge in [0.25, 0.3) is 0 Å². The van der Waals surface area contributed by atoms with E-state index in [1.54, 1.807) is 4.90 Å². The van der Waals surface area contributed by atoms with E-state index in [1.165, 1.54) is 6.92 Å². The lowest BCUT2D eigenvalue weighted by molar-refractivity contribution is -0.117. The third-order valence-electron chi connectivity index (χ3n) is 3.26. The van der Waals surface area contributed by atoms with E-state index in [2.05, 4.69) is 5.32 Å². The number of benzene rings is 1. The summed E-state index contributed by atoms with van der Waals surface area (Å²) in [6, 6.07) is 5.60. The lowest BCUT2D eigenvalue weighted by Gasteiger charge is -2.18. The molecule has 1 unspecified atom stereocenters. The standard InChI is InChI=1S/C14H17ClN2O2/c1-9-5-12(3-4-13(9)16-10(2)18)17-8-11(7-15)6-14(17)19/h3-5,11H,6-8H2,1-2H3,(H,16,18). The van der Waals surface area contributed by atoms with E-state index in [1.807, 2.05) is 25.1 Å². The van der Waals surface area contributed by atoms with Crippen LogP contribution in [0.5, 0.6) is 0 Å². The number of carbonyl (C=O) groups excluding carboxylic acids is 2. The largest absolute Gasteiger partial charge is 0.326 e. The number of carbonyl (C=O) groups is 2. The van der Waals surface area contributed by atoms with Gasteiger partial charge in [-0.25, -0.2) is 0 Å². The molecule has 0 saturated carbocycles. The van der Waals surface area contributed by atoms with Crippen molar-refractivity contribution in [3.63, 3.8) is 0 Å². The van der Waals surface area contributed by atoms with E-state index < -0.39 is 0 Å². The van der Waals surface area contributed by atoms with Gasteiger partial charge in [-0.2, -0.15) is 0 Å². The van der Waals surface area contributed by atoms with Crippen molar-refractivity contribution in [2.45, 2.75) is 20.3 Å². The highest BCUT2D eigenvalue weighted by Crippen LogP contribution is 2.28. The summed E-state index contributed by atoms with van der Waals surface area (Å²) in [5.41, 5.74) is 2.58. The molecule has 0 bridgehead atoms. The fourth-order valence-electron chi connectivity index (χ4n) is 2.28. The lowest BCUT2D eigenvalue weighted by atomic mass is 10.1. The molecule has 1 aliphatic heterocycles. The van der Waals surface area contributed by atoms with Crippen molar-refractivity contribution in [3.8, 4) is 0 Å². The minimum atomic E-state index is -0.102. The van der Waals surface area contributed by atoms with Crippen LogP contribution in [0.25, 0.3) is 0 Å². The highest BCUT2D eigenvalue weighted by Gasteiger charge is 2.30. The minimum absolute atomic E-state index is 0.102. The maximum absolute atomic E-state index is 11.9. The second-order valence-electron chi connectivity index (χ2n) is 4.91. The van der Waals surface area contributed by atoms with Crippen molar-refractivity contribution in [3.05, 3.63) is 23.8 Å². The second kappa shape index (κ2) is 5.61. The summed E-state index contributed by atoms with van der Waals surface area (Å²) in [7, 11) is 0. The van der Waals surface area contributed by atoms with Gasteiger partial charge in [0.15, 0.2) is 0 Å². The van der Waals surface area contributed by atoms with Crippen LogP contribution in [-0.4, -0.2) is 24.2 Å². The van der Waals surface area contributed by atoms with Gasteiger partial charge in [-0.15, -0.1) is 11.6 Å². The van der Waals surface area contributed by atoms with Crippen molar-refractivity contribution in [1.29, 1.82) is 0 Å². The maximum Gasteiger partial charge on any atom is 0.227 e. The average Bonchev–Trinajstić information content (AvgIpc) is 2.73. The predicted octanol–water partition coefficient (Wildman–Crippen LogP) is 2.55. The lowest BCUT2D eigenvalue weighted by Crippen LogP contribution is -2.24. The molecule has 1 aromatic rings. The molecule has 4 nitrogen and oxygen atoms in total. The highest BCUT2D eigenvalue weighted by atomic mass is 35.5. The molecule has 2 rings (SSSR count). The van der Waals surface area contributed by atoms with E-state index >= 15 is 0 Å². The molecule has 1 aromatic carbocycles. The number of halogens is 1. The number of hydrogen-bond donors (Lipinski definition) is 1. The molecular weight excluding hydrogens is 264 g/mol. The predicted molar refractivity (Wildman–Crippen MR) is 76.7 cm³/mol. The van der Waals surface area contributed by atoms with Crippen LogP contribution >= 0.6 is 11.6 Å². The summed E-state index contributed by atoms with van der Waals surface area (Å²) in [6.07, 6.45) is 0.510. The highest BCUT2D eigenvalue weighted by molar-refractivity contribution is 6.18. The quantitative estimate of drug-likeness (QED) is 0.865. The Morgan fingerprint density at radius 1 is 1.53 bits per heavy atom. The molecule has 1 atom stereocenters. The Labute approximate surface area is 117 Å². The van der Waals surface area contributed by atoms with Crippen molar-refractivity contribution < 1.29 is 9.59 Å². The first-order valence-corrected chi connectivity index (χ1v) is 6.79. The minimum Gasteiger partial charge on any atom is -0.326 e. The Kier molecular flexibility index (Phi) is 4.10. The summed E-state index contributed by atoms with van der Waals surface area (Å²) in [5.74, 6) is 0.739. The molecule has 1 heterocycles. The average molecular weight is 281 g/mol. The fraction of sp³-hybridized carbons (Fsp3) is 0.429. The van der Waals surface area contributed by atoms with Gasteiger partial charge in [0.2, 0.25) is 11.8 Å². The molecule has 1 fully saturated rings. The topological polar surface area (TPSA) is 49.4 Å². The van der Waals surface area contributed by atoms with E-state index in [0.29, 0.717) is 18.8 Å². The SMILES string of the molecule is CC(=O)Nc1ccc(N2CC(CCl)CC2=O)cc1C. The third kappa shape index (κ3) is 3.07. The van der Waals surface area contributed by atoms with Gasteiger partial charge >= 0.3 is 0 Å². The van der Waals surface area contributed by atoms with Gasteiger partial charge in [-0.05, 0) is 36.6 Å². The zero-order chi connectivity index (χ0) is 14.0. The number of alkyl halides is 1. The van der Waals surface area contributed by atoms with Crippen molar-refractivity contribution in [1.82, 2.24) is 0 Å². The van der Waals surface area contributed by atoms with Gasteiger partial charge < -0.3 is 10.2 Å². The molecule has 19 heavy (non-hydrogen) atoms. The molecule has 5 heteroatoms. The van der Waals surface area contributed by atoms with Crippen molar-refractivity contribution >= 4 is 34.8 Å². The number of amides is 2. The molecule has 102 valence electrons. The third-order valence-corrected chi connectivity index (χ3v) is 3.69. The first-order chi connectivity index (χ1) is 9.01. The van der Waals surface area contributed by atoms with Crippen LogP contribution in [0.1, 0.15) is 18.9 Å². The number of rotatable bonds is 3. The molecule has 1 saturated heterocycles. The molecule has 0 spiro atoms. The second-order valence-corrected chi connectivity index (χ2v) is 5.22. The molecule has 0 aromatic heterocycles. The molecule has 0 radical (unpaired) electrons. The van der Waals surface area contributed by atoms with E-state index in [0.717, 1.165) is 16.9 Å². The fourth-order valence-corrected chi connectivity index (χ4v) is 2.49. The summed E-state index contributed by atoms with van der Waals surface area (Å²) in [4.78, 5) is 24.7. The van der Waals surface area contributed by atoms with E-state index in [4.69, 9.17) is 11.6 Å². The maximum atomic E-state index is 11.9. The Balaban J connectivity index is 2.20. The molecule has 2 amide bonds. The van der Waals surface area contributed by atoms with Gasteiger partial charge in [-0.1, -0.05) is 0 Å². The van der Waals surface area contributed by atoms with Gasteiger partial charge in [0.1, 0.15) is 0 Å². The van der Waals surface area contributed by atoms with Crippen LogP contribution in [0.15, 0.2) is 18.2 Å². The summed E-state index contributed by atoms with van der Waals surface area (Å²) >= 11 is 5.81. The van der Waals surface area contributed by atoms with Crippen LogP contribution in [0, 0.1) is 12.8 Å². The van der Waals surface area contributed by atoms with Crippen LogP contribution in [0.4, 0.5) is 11.4 Å². The number of aryl methyl sites for hydroxylation is 1. The van der Waals surface area contributed by atoms with Gasteiger partial charge in [0.05, 0.1) is 0 Å². The summed E-state index contributed by atoms with van der Waals surface area (Å²) < 4.78 is 0. The molecule has 1 aliphatic rings. The van der Waals surface area contributed by atoms with Gasteiger partial charge in [0, 0.05) is 37.1 Å². The van der Waals surface area contributed by atoms with Crippen LogP contribution in [0.3, 0.4) is 0 Å². The first-order valence-electron chi connectivity index (χ1n) is 6.26. The Morgan fingerprint density at radius 2 is 2.26 bits per heavy atom. The van der Waals surface area contributed by atoms with E-state index in [9.17, 15) is 9.59 Å². The summed E-state index contributed by atoms with van der Waals surface area (Å²) in [6.45, 7) is 4.05. The normalized spacial score (nSPS) is 18.8. The molecule has 0 aliphatic carbocycles. The zero-order valence-corrected chi connectivity index (χ0v) is 11.8.